The summed E-state index contributed by atoms with van der Waals surface area (Å²) in [6.07, 6.45) is 0. The molecule has 0 aliphatic rings. The van der Waals surface area contributed by atoms with Crippen molar-refractivity contribution in [3.05, 3.63) is 76.6 Å². The second-order valence-corrected chi connectivity index (χ2v) is 6.80. The summed E-state index contributed by atoms with van der Waals surface area (Å²) in [7, 11) is 0. The monoisotopic (exact) mass is 390 g/mol. The second kappa shape index (κ2) is 9.19. The minimum atomic E-state index is -0.312. The second-order valence-electron chi connectivity index (χ2n) is 6.80. The van der Waals surface area contributed by atoms with Crippen molar-refractivity contribution in [2.75, 3.05) is 23.3 Å². The first-order chi connectivity index (χ1) is 14.0. The van der Waals surface area contributed by atoms with E-state index in [9.17, 15) is 9.59 Å². The Hall–Kier alpha value is -3.41. The van der Waals surface area contributed by atoms with Crippen LogP contribution in [0.4, 0.5) is 11.4 Å². The fourth-order valence-electron chi connectivity index (χ4n) is 3.22. The van der Waals surface area contributed by atoms with Gasteiger partial charge < -0.3 is 10.2 Å². The highest BCUT2D eigenvalue weighted by Gasteiger charge is 2.11. The molecule has 0 bridgehead atoms. The molecule has 29 heavy (non-hydrogen) atoms. The third kappa shape index (κ3) is 4.90. The van der Waals surface area contributed by atoms with Crippen LogP contribution in [0.15, 0.2) is 65.5 Å². The molecule has 0 saturated heterocycles. The fourth-order valence-corrected chi connectivity index (χ4v) is 3.22. The number of carbonyl (C=O) groups excluding carboxylic acids is 1. The Bertz CT molecular complexity index is 1040. The minimum Gasteiger partial charge on any atom is -0.372 e. The fraction of sp³-hybridized carbons (Fsp3) is 0.261. The zero-order valence-electron chi connectivity index (χ0n) is 17.1. The molecule has 1 N–H and O–H groups in total. The van der Waals surface area contributed by atoms with Gasteiger partial charge in [-0.25, -0.2) is 4.68 Å². The highest BCUT2D eigenvalue weighted by Crippen LogP contribution is 2.22. The molecule has 0 atom stereocenters. The Kier molecular flexibility index (Phi) is 6.44. The molecule has 150 valence electrons. The summed E-state index contributed by atoms with van der Waals surface area (Å²) in [5.74, 6) is -0.288. The molecule has 0 aliphatic heterocycles. The molecule has 0 saturated carbocycles. The summed E-state index contributed by atoms with van der Waals surface area (Å²) in [5.41, 5.74) is 4.06. The first-order valence-corrected chi connectivity index (χ1v) is 9.80. The van der Waals surface area contributed by atoms with Gasteiger partial charge >= 0.3 is 0 Å². The molecule has 0 radical (unpaired) electrons. The molecule has 2 aromatic carbocycles. The maximum Gasteiger partial charge on any atom is 0.267 e. The van der Waals surface area contributed by atoms with E-state index < -0.39 is 0 Å². The van der Waals surface area contributed by atoms with Crippen molar-refractivity contribution < 1.29 is 4.79 Å². The molecule has 1 aromatic heterocycles. The third-order valence-corrected chi connectivity index (χ3v) is 4.84. The lowest BCUT2D eigenvalue weighted by atomic mass is 10.1. The van der Waals surface area contributed by atoms with Crippen LogP contribution in [0.2, 0.25) is 0 Å². The van der Waals surface area contributed by atoms with Crippen LogP contribution in [0.5, 0.6) is 0 Å². The van der Waals surface area contributed by atoms with Crippen molar-refractivity contribution in [2.45, 2.75) is 27.3 Å². The Morgan fingerprint density at radius 2 is 1.76 bits per heavy atom. The number of anilines is 2. The molecule has 0 fully saturated rings. The zero-order chi connectivity index (χ0) is 20.8. The van der Waals surface area contributed by atoms with Crippen LogP contribution in [-0.4, -0.2) is 28.8 Å². The van der Waals surface area contributed by atoms with Crippen molar-refractivity contribution in [2.24, 2.45) is 0 Å². The number of amides is 1. The van der Waals surface area contributed by atoms with Gasteiger partial charge in [0, 0.05) is 36.1 Å². The summed E-state index contributed by atoms with van der Waals surface area (Å²) >= 11 is 0. The average molecular weight is 390 g/mol. The number of benzene rings is 2. The normalized spacial score (nSPS) is 10.6. The highest BCUT2D eigenvalue weighted by molar-refractivity contribution is 5.91. The Labute approximate surface area is 170 Å². The summed E-state index contributed by atoms with van der Waals surface area (Å²) in [4.78, 5) is 26.9. The van der Waals surface area contributed by atoms with Crippen LogP contribution in [0, 0.1) is 6.92 Å². The van der Waals surface area contributed by atoms with Gasteiger partial charge in [0.15, 0.2) is 0 Å². The summed E-state index contributed by atoms with van der Waals surface area (Å²) < 4.78 is 1.19. The van der Waals surface area contributed by atoms with Gasteiger partial charge in [-0.15, -0.1) is 0 Å². The van der Waals surface area contributed by atoms with Gasteiger partial charge in [0.1, 0.15) is 6.54 Å². The largest absolute Gasteiger partial charge is 0.372 e. The van der Waals surface area contributed by atoms with Gasteiger partial charge in [-0.05, 0) is 50.6 Å². The van der Waals surface area contributed by atoms with Gasteiger partial charge in [-0.1, -0.05) is 30.3 Å². The molecule has 3 aromatic rings. The number of hydrogen-bond acceptors (Lipinski definition) is 4. The number of aromatic nitrogens is 2. The molecule has 0 spiro atoms. The first-order valence-electron chi connectivity index (χ1n) is 9.80. The van der Waals surface area contributed by atoms with Gasteiger partial charge in [-0.3, -0.25) is 9.59 Å². The molecule has 3 rings (SSSR count). The van der Waals surface area contributed by atoms with Crippen LogP contribution in [0.3, 0.4) is 0 Å². The smallest absolute Gasteiger partial charge is 0.267 e. The quantitative estimate of drug-likeness (QED) is 0.668. The Morgan fingerprint density at radius 1 is 1.03 bits per heavy atom. The Morgan fingerprint density at radius 3 is 2.41 bits per heavy atom. The van der Waals surface area contributed by atoms with Crippen molar-refractivity contribution in [3.8, 4) is 11.3 Å². The SMILES string of the molecule is CCN(CC)c1ccc(NC(=O)Cn2nc(-c3ccccc3)ccc2=O)c(C)c1. The summed E-state index contributed by atoms with van der Waals surface area (Å²) in [6, 6.07) is 18.6. The number of carbonyl (C=O) groups is 1. The standard InChI is InChI=1S/C23H26N4O2/c1-4-26(5-2)19-11-12-20(17(3)15-19)24-22(28)16-27-23(29)14-13-21(25-27)18-9-7-6-8-10-18/h6-15H,4-5,16H2,1-3H3,(H,24,28). The molecule has 6 heteroatoms. The van der Waals surface area contributed by atoms with E-state index in [1.54, 1.807) is 6.07 Å². The predicted octanol–water partition coefficient (Wildman–Crippen LogP) is 3.70. The van der Waals surface area contributed by atoms with E-state index in [0.717, 1.165) is 35.6 Å². The lowest BCUT2D eigenvalue weighted by Crippen LogP contribution is -2.29. The lowest BCUT2D eigenvalue weighted by molar-refractivity contribution is -0.117. The van der Waals surface area contributed by atoms with E-state index in [1.807, 2.05) is 49.4 Å². The topological polar surface area (TPSA) is 67.2 Å². The summed E-state index contributed by atoms with van der Waals surface area (Å²) in [6.45, 7) is 7.90. The number of hydrogen-bond donors (Lipinski definition) is 1. The van der Waals surface area contributed by atoms with Crippen LogP contribution in [0.1, 0.15) is 19.4 Å². The first kappa shape index (κ1) is 20.3. The van der Waals surface area contributed by atoms with Crippen LogP contribution in [-0.2, 0) is 11.3 Å². The van der Waals surface area contributed by atoms with E-state index in [0.29, 0.717) is 5.69 Å². The average Bonchev–Trinajstić information content (AvgIpc) is 2.73. The number of rotatable bonds is 7. The van der Waals surface area contributed by atoms with Crippen LogP contribution in [0.25, 0.3) is 11.3 Å². The molecular weight excluding hydrogens is 364 g/mol. The number of aryl methyl sites for hydroxylation is 1. The Balaban J connectivity index is 1.75. The van der Waals surface area contributed by atoms with Gasteiger partial charge in [0.05, 0.1) is 5.69 Å². The van der Waals surface area contributed by atoms with E-state index in [-0.39, 0.29) is 18.0 Å². The zero-order valence-corrected chi connectivity index (χ0v) is 17.1. The molecule has 6 nitrogen and oxygen atoms in total. The molecule has 1 heterocycles. The van der Waals surface area contributed by atoms with Crippen molar-refractivity contribution in [3.63, 3.8) is 0 Å². The highest BCUT2D eigenvalue weighted by atomic mass is 16.2. The molecular formula is C23H26N4O2. The molecule has 1 amide bonds. The van der Waals surface area contributed by atoms with Gasteiger partial charge in [-0.2, -0.15) is 5.10 Å². The van der Waals surface area contributed by atoms with Crippen molar-refractivity contribution >= 4 is 17.3 Å². The van der Waals surface area contributed by atoms with Crippen molar-refractivity contribution in [1.82, 2.24) is 9.78 Å². The minimum absolute atomic E-state index is 0.142. The van der Waals surface area contributed by atoms with Crippen molar-refractivity contribution in [1.29, 1.82) is 0 Å². The maximum atomic E-state index is 12.5. The van der Waals surface area contributed by atoms with E-state index in [4.69, 9.17) is 0 Å². The number of nitrogens with zero attached hydrogens (tertiary/aromatic N) is 3. The molecule has 0 aliphatic carbocycles. The number of nitrogens with one attached hydrogen (secondary N) is 1. The third-order valence-electron chi connectivity index (χ3n) is 4.84. The van der Waals surface area contributed by atoms with Crippen LogP contribution >= 0.6 is 0 Å². The van der Waals surface area contributed by atoms with Gasteiger partial charge in [0.25, 0.3) is 5.56 Å². The van der Waals surface area contributed by atoms with E-state index >= 15 is 0 Å². The molecule has 0 unspecified atom stereocenters. The van der Waals surface area contributed by atoms with E-state index in [2.05, 4.69) is 35.2 Å². The van der Waals surface area contributed by atoms with Crippen LogP contribution < -0.4 is 15.8 Å². The lowest BCUT2D eigenvalue weighted by Gasteiger charge is -2.22. The van der Waals surface area contributed by atoms with Gasteiger partial charge in [0.2, 0.25) is 5.91 Å². The predicted molar refractivity (Wildman–Crippen MR) is 117 cm³/mol. The van der Waals surface area contributed by atoms with E-state index in [1.165, 1.54) is 10.7 Å². The summed E-state index contributed by atoms with van der Waals surface area (Å²) in [5, 5.41) is 7.23. The maximum absolute atomic E-state index is 12.5.